The van der Waals surface area contributed by atoms with E-state index >= 15 is 0 Å². The van der Waals surface area contributed by atoms with Gasteiger partial charge >= 0.3 is 0 Å². The summed E-state index contributed by atoms with van der Waals surface area (Å²) in [4.78, 5) is 8.36. The predicted octanol–water partition coefficient (Wildman–Crippen LogP) is -0.304. The Hall–Kier alpha value is 0.509. The smallest absolute Gasteiger partial charge is 0.290 e. The fourth-order valence-corrected chi connectivity index (χ4v) is 0. The predicted molar refractivity (Wildman–Crippen MR) is 8.69 cm³/mol. The molecule has 0 aromatic rings. The average molecular weight is 173 g/mol. The van der Waals surface area contributed by atoms with Crippen LogP contribution in [0.15, 0.2) is 0 Å². The summed E-state index contributed by atoms with van der Waals surface area (Å²) in [5.41, 5.74) is 0. The minimum Gasteiger partial charge on any atom is -0.483 e. The van der Waals surface area contributed by atoms with Crippen molar-refractivity contribution in [2.75, 3.05) is 0 Å². The summed E-state index contributed by atoms with van der Waals surface area (Å²) < 4.78 is 0. The molecule has 0 spiro atoms. The van der Waals surface area contributed by atoms with E-state index in [1.807, 2.05) is 0 Å². The maximum absolute atomic E-state index is 8.36. The van der Waals surface area contributed by atoms with Gasteiger partial charge in [0.05, 0.1) is 0 Å². The van der Waals surface area contributed by atoms with Crippen LogP contribution in [0.2, 0.25) is 0 Å². The second-order valence-corrected chi connectivity index (χ2v) is 0.105. The molecule has 0 saturated carbocycles. The van der Waals surface area contributed by atoms with Crippen LogP contribution >= 0.6 is 0 Å². The fraction of sp³-hybridized carbons (Fsp3) is 0. The molecule has 2 radical (unpaired) electrons. The fourth-order valence-electron chi connectivity index (χ4n) is 0. The molecule has 4 heteroatoms. The van der Waals surface area contributed by atoms with Gasteiger partial charge in [0, 0.05) is 34.1 Å². The van der Waals surface area contributed by atoms with Gasteiger partial charge in [-0.1, -0.05) is 0 Å². The van der Waals surface area contributed by atoms with Gasteiger partial charge in [0.15, 0.2) is 0 Å². The molecule has 0 heterocycles. The molecular weight excluding hydrogens is 171 g/mol. The molecule has 5 heavy (non-hydrogen) atoms. The first-order valence-corrected chi connectivity index (χ1v) is 0.494. The molecule has 0 aromatic carbocycles. The van der Waals surface area contributed by atoms with Crippen molar-refractivity contribution in [3.8, 4) is 0 Å². The maximum Gasteiger partial charge on any atom is 0.290 e. The quantitative estimate of drug-likeness (QED) is 0.403. The van der Waals surface area contributed by atoms with Gasteiger partial charge in [0.1, 0.15) is 0 Å². The minimum absolute atomic E-state index is 0. The molecule has 0 saturated heterocycles. The third kappa shape index (κ3) is 110. The van der Waals surface area contributed by atoms with E-state index in [1.165, 1.54) is 0 Å². The molecule has 0 fully saturated rings. The monoisotopic (exact) mass is 172 g/mol. The van der Waals surface area contributed by atoms with Crippen molar-refractivity contribution in [2.24, 2.45) is 0 Å². The first kappa shape index (κ1) is 17.8. The Morgan fingerprint density at radius 2 is 1.40 bits per heavy atom. The Morgan fingerprint density at radius 1 is 1.40 bits per heavy atom. The summed E-state index contributed by atoms with van der Waals surface area (Å²) in [6.45, 7) is -0.250. The zero-order chi connectivity index (χ0) is 2.71. The third-order valence-corrected chi connectivity index (χ3v) is 0. The van der Waals surface area contributed by atoms with E-state index < -0.39 is 0 Å². The first-order chi connectivity index (χ1) is 1.41. The molecule has 0 aromatic heterocycles. The molecule has 0 bridgehead atoms. The van der Waals surface area contributed by atoms with Crippen LogP contribution < -0.4 is 0 Å². The van der Waals surface area contributed by atoms with E-state index in [1.54, 1.807) is 0 Å². The van der Waals surface area contributed by atoms with Gasteiger partial charge in [-0.3, -0.25) is 4.79 Å². The van der Waals surface area contributed by atoms with Crippen LogP contribution in [-0.2, 0) is 38.9 Å². The minimum atomic E-state index is -0.250. The molecule has 40 valence electrons. The van der Waals surface area contributed by atoms with Crippen LogP contribution in [0.25, 0.3) is 0 Å². The Labute approximate surface area is 50.9 Å². The topological polar surface area (TPSA) is 37.3 Å². The van der Waals surface area contributed by atoms with Crippen LogP contribution in [0.1, 0.15) is 0 Å². The second-order valence-electron chi connectivity index (χ2n) is 0.105. The molecule has 2 nitrogen and oxygen atoms in total. The van der Waals surface area contributed by atoms with Crippen molar-refractivity contribution in [1.82, 2.24) is 0 Å². The molecule has 0 aliphatic carbocycles. The van der Waals surface area contributed by atoms with Crippen molar-refractivity contribution in [3.63, 3.8) is 0 Å². The number of hydrogen-bond acceptors (Lipinski definition) is 1. The summed E-state index contributed by atoms with van der Waals surface area (Å²) in [5, 5.41) is 6.89. The second kappa shape index (κ2) is 24.4. The Bertz CT molecular complexity index is 15.1. The molecular formula is CH2Cu2O2. The molecule has 0 atom stereocenters. The SMILES string of the molecule is O=CO.[Cu].[Cu]. The molecule has 0 unspecified atom stereocenters. The van der Waals surface area contributed by atoms with E-state index in [0.29, 0.717) is 0 Å². The van der Waals surface area contributed by atoms with E-state index in [0.717, 1.165) is 0 Å². The third-order valence-electron chi connectivity index (χ3n) is 0. The van der Waals surface area contributed by atoms with Crippen molar-refractivity contribution in [3.05, 3.63) is 0 Å². The van der Waals surface area contributed by atoms with E-state index in [-0.39, 0.29) is 40.6 Å². The van der Waals surface area contributed by atoms with Gasteiger partial charge < -0.3 is 5.11 Å². The molecule has 0 aliphatic heterocycles. The summed E-state index contributed by atoms with van der Waals surface area (Å²) in [7, 11) is 0. The number of carbonyl (C=O) groups is 1. The van der Waals surface area contributed by atoms with Gasteiger partial charge in [-0.05, 0) is 0 Å². The largest absolute Gasteiger partial charge is 0.483 e. The number of hydrogen-bond donors (Lipinski definition) is 1. The van der Waals surface area contributed by atoms with Crippen LogP contribution in [-0.4, -0.2) is 11.6 Å². The normalized spacial score (nSPS) is 2.40. The van der Waals surface area contributed by atoms with Crippen molar-refractivity contribution in [1.29, 1.82) is 0 Å². The standard InChI is InChI=1S/CH2O2.2Cu/c2-1-3;;/h1H,(H,2,3);;. The summed E-state index contributed by atoms with van der Waals surface area (Å²) in [5.74, 6) is 0. The van der Waals surface area contributed by atoms with Crippen LogP contribution in [0.4, 0.5) is 0 Å². The maximum atomic E-state index is 8.36. The molecule has 0 amide bonds. The summed E-state index contributed by atoms with van der Waals surface area (Å²) in [6.07, 6.45) is 0. The van der Waals surface area contributed by atoms with Crippen LogP contribution in [0, 0.1) is 0 Å². The van der Waals surface area contributed by atoms with E-state index in [9.17, 15) is 0 Å². The van der Waals surface area contributed by atoms with Crippen LogP contribution in [0.3, 0.4) is 0 Å². The summed E-state index contributed by atoms with van der Waals surface area (Å²) in [6, 6.07) is 0. The van der Waals surface area contributed by atoms with Gasteiger partial charge in [-0.2, -0.15) is 0 Å². The molecule has 0 rings (SSSR count). The van der Waals surface area contributed by atoms with Crippen molar-refractivity contribution >= 4 is 6.47 Å². The molecule has 0 aliphatic rings. The number of rotatable bonds is 0. The Morgan fingerprint density at radius 3 is 1.40 bits per heavy atom. The Kier molecular flexibility index (Phi) is 86.8. The van der Waals surface area contributed by atoms with Gasteiger partial charge in [-0.25, -0.2) is 0 Å². The van der Waals surface area contributed by atoms with E-state index in [2.05, 4.69) is 0 Å². The zero-order valence-corrected chi connectivity index (χ0v) is 3.92. The average Bonchev–Trinajstić information content (AvgIpc) is 0.918. The van der Waals surface area contributed by atoms with Crippen molar-refractivity contribution in [2.45, 2.75) is 0 Å². The molecule has 1 N–H and O–H groups in total. The van der Waals surface area contributed by atoms with Gasteiger partial charge in [0.25, 0.3) is 6.47 Å². The van der Waals surface area contributed by atoms with E-state index in [4.69, 9.17) is 9.90 Å². The summed E-state index contributed by atoms with van der Waals surface area (Å²) >= 11 is 0. The van der Waals surface area contributed by atoms with Crippen molar-refractivity contribution < 1.29 is 44.0 Å². The number of carboxylic acid groups (broad SMARTS) is 1. The van der Waals surface area contributed by atoms with Gasteiger partial charge in [0.2, 0.25) is 0 Å². The van der Waals surface area contributed by atoms with Crippen LogP contribution in [0.5, 0.6) is 0 Å². The van der Waals surface area contributed by atoms with Gasteiger partial charge in [-0.15, -0.1) is 0 Å². The zero-order valence-electron chi connectivity index (χ0n) is 2.04. The Balaban J connectivity index is -0.0000000200. The first-order valence-electron chi connectivity index (χ1n) is 0.494.